The van der Waals surface area contributed by atoms with Crippen LogP contribution in [0.3, 0.4) is 0 Å². The summed E-state index contributed by atoms with van der Waals surface area (Å²) in [4.78, 5) is 27.4. The fourth-order valence-corrected chi connectivity index (χ4v) is 5.11. The number of carboxylic acid groups (broad SMARTS) is 2. The van der Waals surface area contributed by atoms with E-state index in [0.717, 1.165) is 58.0 Å². The van der Waals surface area contributed by atoms with Crippen LogP contribution in [-0.2, 0) is 26.4 Å². The molecule has 0 saturated heterocycles. The Labute approximate surface area is 307 Å². The van der Waals surface area contributed by atoms with Gasteiger partial charge in [-0.15, -0.1) is 0 Å². The fraction of sp³-hybridized carbons (Fsp3) is 0.0952. The Morgan fingerprint density at radius 3 is 1.18 bits per heavy atom. The van der Waals surface area contributed by atoms with Gasteiger partial charge in [0.05, 0.1) is 11.4 Å². The molecule has 0 spiro atoms. The van der Waals surface area contributed by atoms with Gasteiger partial charge in [-0.1, -0.05) is 84.9 Å². The summed E-state index contributed by atoms with van der Waals surface area (Å²) in [6, 6.07) is 40.1. The Balaban J connectivity index is 0.000000709. The standard InChI is InChI=1S/C38H30N2O2.2C2H4O2.Co/c1-25-17-31(27-11-5-3-6-12-27)19-33(37(25)41)23-39-35-21-29-15-9-10-16-30(29)22-36(35)40-24-34-20-32(18-26(2)38(34)42)28-13-7-4-8-14-28;2*1-2(3)4;/h3-24,41-42H,1-2H3;2*1H3,(H,3,4);/q;;;+2/p-2. The van der Waals surface area contributed by atoms with E-state index in [4.69, 9.17) is 29.8 Å². The monoisotopic (exact) mass is 723 g/mol. The number of hydrogen-bond acceptors (Lipinski definition) is 8. The Bertz CT molecular complexity index is 2020. The number of carboxylic acids is 2. The number of carbonyl (C=O) groups excluding carboxylic acids is 2. The van der Waals surface area contributed by atoms with Gasteiger partial charge in [-0.2, -0.15) is 0 Å². The summed E-state index contributed by atoms with van der Waals surface area (Å²) in [7, 11) is 0. The molecule has 0 unspecified atom stereocenters. The second kappa shape index (κ2) is 18.7. The van der Waals surface area contributed by atoms with Crippen molar-refractivity contribution in [3.05, 3.63) is 144 Å². The molecule has 0 aliphatic rings. The molecule has 6 aromatic carbocycles. The number of benzene rings is 6. The minimum atomic E-state index is -1.08. The Hall–Kier alpha value is -6.03. The quantitative estimate of drug-likeness (QED) is 0.174. The number of phenols is 2. The fourth-order valence-electron chi connectivity index (χ4n) is 5.11. The molecule has 0 saturated carbocycles. The second-order valence-electron chi connectivity index (χ2n) is 11.4. The third kappa shape index (κ3) is 11.2. The van der Waals surface area contributed by atoms with Crippen molar-refractivity contribution >= 4 is 46.5 Å². The van der Waals surface area contributed by atoms with Crippen molar-refractivity contribution in [3.8, 4) is 33.8 Å². The van der Waals surface area contributed by atoms with Gasteiger partial charge in [0, 0.05) is 35.5 Å². The van der Waals surface area contributed by atoms with Gasteiger partial charge >= 0.3 is 16.8 Å². The number of aliphatic carboxylic acids is 2. The molecule has 0 heterocycles. The van der Waals surface area contributed by atoms with Crippen molar-refractivity contribution < 1.29 is 46.8 Å². The van der Waals surface area contributed by atoms with Gasteiger partial charge in [-0.05, 0) is 108 Å². The molecule has 0 aromatic heterocycles. The van der Waals surface area contributed by atoms with E-state index in [1.165, 1.54) is 0 Å². The molecule has 2 N–H and O–H groups in total. The SMILES string of the molecule is CC(=O)[O-].CC(=O)[O-].Cc1cc(-c2ccccc2)cc(C=Nc2cc3ccccc3cc2N=Cc2cc(-c3ccccc3)cc(C)c2O)c1O.[Co+2]. The van der Waals surface area contributed by atoms with E-state index in [-0.39, 0.29) is 28.3 Å². The number of hydrogen-bond donors (Lipinski definition) is 2. The van der Waals surface area contributed by atoms with Crippen LogP contribution in [0, 0.1) is 13.8 Å². The van der Waals surface area contributed by atoms with Crippen LogP contribution in [0.1, 0.15) is 36.1 Å². The first kappa shape index (κ1) is 39.4. The molecule has 0 fully saturated rings. The summed E-state index contributed by atoms with van der Waals surface area (Å²) in [6.45, 7) is 5.73. The van der Waals surface area contributed by atoms with Crippen molar-refractivity contribution in [1.82, 2.24) is 0 Å². The summed E-state index contributed by atoms with van der Waals surface area (Å²) in [5.41, 5.74) is 8.27. The van der Waals surface area contributed by atoms with Crippen LogP contribution in [0.15, 0.2) is 131 Å². The Kier molecular flexibility index (Phi) is 14.4. The van der Waals surface area contributed by atoms with Crippen molar-refractivity contribution in [3.63, 3.8) is 0 Å². The first-order valence-corrected chi connectivity index (χ1v) is 15.7. The van der Waals surface area contributed by atoms with E-state index in [0.29, 0.717) is 22.5 Å². The Morgan fingerprint density at radius 2 is 0.843 bits per heavy atom. The van der Waals surface area contributed by atoms with E-state index in [1.807, 2.05) is 135 Å². The van der Waals surface area contributed by atoms with Crippen LogP contribution >= 0.6 is 0 Å². The molecule has 6 rings (SSSR count). The third-order valence-corrected chi connectivity index (χ3v) is 7.40. The van der Waals surface area contributed by atoms with E-state index in [1.54, 1.807) is 12.4 Å². The van der Waals surface area contributed by atoms with Gasteiger partial charge in [0.15, 0.2) is 0 Å². The molecule has 0 aliphatic carbocycles. The van der Waals surface area contributed by atoms with Crippen LogP contribution in [0.4, 0.5) is 11.4 Å². The van der Waals surface area contributed by atoms with Gasteiger partial charge in [0.1, 0.15) is 11.5 Å². The van der Waals surface area contributed by atoms with Crippen LogP contribution < -0.4 is 10.2 Å². The van der Waals surface area contributed by atoms with Gasteiger partial charge in [-0.3, -0.25) is 9.98 Å². The number of aliphatic imine (C=N–C) groups is 2. The summed E-state index contributed by atoms with van der Waals surface area (Å²) in [5.74, 6) is -1.77. The van der Waals surface area contributed by atoms with Crippen LogP contribution in [0.5, 0.6) is 11.5 Å². The first-order valence-electron chi connectivity index (χ1n) is 15.7. The molecule has 6 aromatic rings. The summed E-state index contributed by atoms with van der Waals surface area (Å²) in [6.07, 6.45) is 3.38. The molecule has 0 aliphatic heterocycles. The third-order valence-electron chi connectivity index (χ3n) is 7.40. The molecular formula is C42H36CoN2O6. The maximum atomic E-state index is 10.9. The predicted octanol–water partition coefficient (Wildman–Crippen LogP) is 7.21. The normalized spacial score (nSPS) is 10.5. The Morgan fingerprint density at radius 1 is 0.529 bits per heavy atom. The van der Waals surface area contributed by atoms with E-state index in [2.05, 4.69) is 0 Å². The maximum Gasteiger partial charge on any atom is 2.00 e. The zero-order chi connectivity index (χ0) is 36.2. The number of rotatable bonds is 6. The smallest absolute Gasteiger partial charge is 0.550 e. The molecule has 1 radical (unpaired) electrons. The van der Waals surface area contributed by atoms with Crippen molar-refractivity contribution in [2.75, 3.05) is 0 Å². The molecule has 0 atom stereocenters. The zero-order valence-electron chi connectivity index (χ0n) is 28.5. The maximum absolute atomic E-state index is 10.9. The average Bonchev–Trinajstić information content (AvgIpc) is 3.09. The number of fused-ring (bicyclic) bond motifs is 1. The molecule has 259 valence electrons. The van der Waals surface area contributed by atoms with Crippen LogP contribution in [0.2, 0.25) is 0 Å². The van der Waals surface area contributed by atoms with Gasteiger partial charge in [0.25, 0.3) is 0 Å². The number of aromatic hydroxyl groups is 2. The van der Waals surface area contributed by atoms with Crippen LogP contribution in [-0.4, -0.2) is 34.6 Å². The van der Waals surface area contributed by atoms with Crippen molar-refractivity contribution in [1.29, 1.82) is 0 Å². The topological polar surface area (TPSA) is 145 Å². The second-order valence-corrected chi connectivity index (χ2v) is 11.4. The van der Waals surface area contributed by atoms with Gasteiger partial charge < -0.3 is 30.0 Å². The predicted molar refractivity (Wildman–Crippen MR) is 196 cm³/mol. The number of carbonyl (C=O) groups is 2. The van der Waals surface area contributed by atoms with Gasteiger partial charge in [0.2, 0.25) is 0 Å². The number of aryl methyl sites for hydroxylation is 2. The number of phenolic OH excluding ortho intramolecular Hbond substituents is 2. The minimum absolute atomic E-state index is 0. The largest absolute Gasteiger partial charge is 2.00 e. The minimum Gasteiger partial charge on any atom is -0.550 e. The zero-order valence-corrected chi connectivity index (χ0v) is 29.5. The first-order chi connectivity index (χ1) is 23.9. The number of nitrogens with zero attached hydrogens (tertiary/aromatic N) is 2. The molecule has 9 heteroatoms. The van der Waals surface area contributed by atoms with Crippen LogP contribution in [0.25, 0.3) is 33.0 Å². The van der Waals surface area contributed by atoms with E-state index >= 15 is 0 Å². The molecular weight excluding hydrogens is 687 g/mol. The van der Waals surface area contributed by atoms with E-state index < -0.39 is 11.9 Å². The van der Waals surface area contributed by atoms with Crippen molar-refractivity contribution in [2.45, 2.75) is 27.7 Å². The molecule has 0 amide bonds. The summed E-state index contributed by atoms with van der Waals surface area (Å²) < 4.78 is 0. The van der Waals surface area contributed by atoms with E-state index in [9.17, 15) is 10.2 Å². The van der Waals surface area contributed by atoms with Gasteiger partial charge in [-0.25, -0.2) is 0 Å². The molecule has 51 heavy (non-hydrogen) atoms. The average molecular weight is 724 g/mol. The summed E-state index contributed by atoms with van der Waals surface area (Å²) >= 11 is 0. The van der Waals surface area contributed by atoms with Crippen molar-refractivity contribution in [2.24, 2.45) is 9.98 Å². The molecule has 0 bridgehead atoms. The summed E-state index contributed by atoms with van der Waals surface area (Å²) in [5, 5.41) is 41.6. The molecule has 8 nitrogen and oxygen atoms in total.